The molecule has 0 spiro atoms. The Balaban J connectivity index is 1.56. The van der Waals surface area contributed by atoms with Gasteiger partial charge >= 0.3 is 0 Å². The lowest BCUT2D eigenvalue weighted by atomic mass is 9.79. The van der Waals surface area contributed by atoms with E-state index in [0.29, 0.717) is 6.04 Å². The van der Waals surface area contributed by atoms with Crippen molar-refractivity contribution < 1.29 is 0 Å². The summed E-state index contributed by atoms with van der Waals surface area (Å²) in [6.07, 6.45) is 12.4. The van der Waals surface area contributed by atoms with Gasteiger partial charge in [-0.3, -0.25) is 11.3 Å². The maximum atomic E-state index is 5.77. The molecule has 2 aliphatic rings. The number of nitrogens with one attached hydrogen (secondary N) is 1. The van der Waals surface area contributed by atoms with E-state index in [4.69, 9.17) is 5.84 Å². The molecule has 1 atom stereocenters. The molecule has 1 aromatic rings. The van der Waals surface area contributed by atoms with Gasteiger partial charge in [0, 0.05) is 6.04 Å². The lowest BCUT2D eigenvalue weighted by molar-refractivity contribution is 0.413. The molecule has 3 rings (SSSR count). The van der Waals surface area contributed by atoms with Crippen molar-refractivity contribution in [1.29, 1.82) is 0 Å². The highest BCUT2D eigenvalue weighted by molar-refractivity contribution is 5.28. The molecule has 2 heteroatoms. The third kappa shape index (κ3) is 3.24. The second-order valence-electron chi connectivity index (χ2n) is 6.74. The summed E-state index contributed by atoms with van der Waals surface area (Å²) in [6, 6.07) is 9.53. The lowest BCUT2D eigenvalue weighted by Crippen LogP contribution is -2.28. The van der Waals surface area contributed by atoms with Crippen molar-refractivity contribution in [2.75, 3.05) is 0 Å². The molecule has 110 valence electrons. The Hall–Kier alpha value is -0.860. The predicted octanol–water partition coefficient (Wildman–Crippen LogP) is 4.43. The van der Waals surface area contributed by atoms with Crippen molar-refractivity contribution in [2.24, 2.45) is 11.8 Å². The normalized spacial score (nSPS) is 21.9. The van der Waals surface area contributed by atoms with Crippen molar-refractivity contribution in [3.63, 3.8) is 0 Å². The first-order valence-electron chi connectivity index (χ1n) is 8.43. The highest BCUT2D eigenvalue weighted by Crippen LogP contribution is 2.37. The van der Waals surface area contributed by atoms with Crippen molar-refractivity contribution in [1.82, 2.24) is 5.43 Å². The van der Waals surface area contributed by atoms with Gasteiger partial charge in [0.25, 0.3) is 0 Å². The molecule has 0 bridgehead atoms. The van der Waals surface area contributed by atoms with Gasteiger partial charge in [0.05, 0.1) is 0 Å². The van der Waals surface area contributed by atoms with Gasteiger partial charge in [0.15, 0.2) is 0 Å². The third-order valence-corrected chi connectivity index (χ3v) is 5.45. The first-order chi connectivity index (χ1) is 9.86. The van der Waals surface area contributed by atoms with Crippen LogP contribution in [-0.4, -0.2) is 0 Å². The number of benzene rings is 1. The molecule has 0 radical (unpaired) electrons. The minimum Gasteiger partial charge on any atom is -0.271 e. The van der Waals surface area contributed by atoms with Crippen molar-refractivity contribution in [3.8, 4) is 0 Å². The van der Waals surface area contributed by atoms with E-state index in [1.165, 1.54) is 68.9 Å². The molecule has 2 fully saturated rings. The van der Waals surface area contributed by atoms with Gasteiger partial charge in [-0.1, -0.05) is 56.4 Å². The van der Waals surface area contributed by atoms with E-state index >= 15 is 0 Å². The molecule has 2 saturated carbocycles. The van der Waals surface area contributed by atoms with Crippen LogP contribution in [0.5, 0.6) is 0 Å². The number of hydrazine groups is 1. The van der Waals surface area contributed by atoms with E-state index in [1.807, 2.05) is 0 Å². The molecule has 0 heterocycles. The summed E-state index contributed by atoms with van der Waals surface area (Å²) in [5.74, 6) is 7.55. The maximum Gasteiger partial charge on any atom is 0.0460 e. The van der Waals surface area contributed by atoms with Crippen molar-refractivity contribution >= 4 is 0 Å². The summed E-state index contributed by atoms with van der Waals surface area (Å²) >= 11 is 0. The first kappa shape index (κ1) is 14.1. The summed E-state index contributed by atoms with van der Waals surface area (Å²) in [7, 11) is 0. The molecule has 1 unspecified atom stereocenters. The van der Waals surface area contributed by atoms with Gasteiger partial charge in [-0.15, -0.1) is 0 Å². The number of hydrogen-bond donors (Lipinski definition) is 2. The van der Waals surface area contributed by atoms with Gasteiger partial charge in [0.1, 0.15) is 0 Å². The molecule has 2 nitrogen and oxygen atoms in total. The molecule has 1 aromatic carbocycles. The third-order valence-electron chi connectivity index (χ3n) is 5.45. The van der Waals surface area contributed by atoms with Gasteiger partial charge < -0.3 is 0 Å². The summed E-state index contributed by atoms with van der Waals surface area (Å²) in [4.78, 5) is 0. The maximum absolute atomic E-state index is 5.77. The van der Waals surface area contributed by atoms with Crippen LogP contribution in [0.2, 0.25) is 0 Å². The SMILES string of the molecule is NNC(CCC1CCCC1)c1ccc(C2CCC2)cc1. The van der Waals surface area contributed by atoms with E-state index in [0.717, 1.165) is 11.8 Å². The predicted molar refractivity (Wildman–Crippen MR) is 84.3 cm³/mol. The van der Waals surface area contributed by atoms with Crippen molar-refractivity contribution in [2.45, 2.75) is 69.7 Å². The molecule has 2 aliphatic carbocycles. The van der Waals surface area contributed by atoms with Crippen LogP contribution in [0.25, 0.3) is 0 Å². The van der Waals surface area contributed by atoms with E-state index in [9.17, 15) is 0 Å². The van der Waals surface area contributed by atoms with Gasteiger partial charge in [0.2, 0.25) is 0 Å². The average molecular weight is 272 g/mol. The van der Waals surface area contributed by atoms with Crippen LogP contribution in [0.15, 0.2) is 24.3 Å². The minimum absolute atomic E-state index is 0.325. The van der Waals surface area contributed by atoms with Crippen LogP contribution in [0.1, 0.15) is 80.9 Å². The molecule has 0 saturated heterocycles. The molecule has 0 aliphatic heterocycles. The Morgan fingerprint density at radius 1 is 1.00 bits per heavy atom. The molecular formula is C18H28N2. The Bertz CT molecular complexity index is 402. The number of hydrogen-bond acceptors (Lipinski definition) is 2. The van der Waals surface area contributed by atoms with E-state index in [2.05, 4.69) is 29.7 Å². The number of nitrogens with two attached hydrogens (primary N) is 1. The molecule has 0 aromatic heterocycles. The molecule has 0 amide bonds. The Kier molecular flexibility index (Phi) is 4.74. The minimum atomic E-state index is 0.325. The molecule has 20 heavy (non-hydrogen) atoms. The molecular weight excluding hydrogens is 244 g/mol. The van der Waals surface area contributed by atoms with Crippen LogP contribution >= 0.6 is 0 Å². The Morgan fingerprint density at radius 2 is 1.70 bits per heavy atom. The fourth-order valence-electron chi connectivity index (χ4n) is 3.79. The standard InChI is InChI=1S/C18H28N2/c19-20-18(13-8-14-4-1-2-5-14)17-11-9-16(10-12-17)15-6-3-7-15/h9-12,14-15,18,20H,1-8,13,19H2. The highest BCUT2D eigenvalue weighted by Gasteiger charge is 2.20. The van der Waals surface area contributed by atoms with Crippen LogP contribution in [-0.2, 0) is 0 Å². The zero-order valence-corrected chi connectivity index (χ0v) is 12.5. The van der Waals surface area contributed by atoms with E-state index < -0.39 is 0 Å². The fourth-order valence-corrected chi connectivity index (χ4v) is 3.79. The zero-order valence-electron chi connectivity index (χ0n) is 12.5. The van der Waals surface area contributed by atoms with Crippen LogP contribution in [0.4, 0.5) is 0 Å². The fraction of sp³-hybridized carbons (Fsp3) is 0.667. The van der Waals surface area contributed by atoms with Gasteiger partial charge in [-0.25, -0.2) is 0 Å². The van der Waals surface area contributed by atoms with Crippen molar-refractivity contribution in [3.05, 3.63) is 35.4 Å². The second kappa shape index (κ2) is 6.73. The summed E-state index contributed by atoms with van der Waals surface area (Å²) in [5.41, 5.74) is 5.89. The summed E-state index contributed by atoms with van der Waals surface area (Å²) < 4.78 is 0. The van der Waals surface area contributed by atoms with Gasteiger partial charge in [-0.2, -0.15) is 0 Å². The van der Waals surface area contributed by atoms with Crippen LogP contribution in [0.3, 0.4) is 0 Å². The zero-order chi connectivity index (χ0) is 13.8. The monoisotopic (exact) mass is 272 g/mol. The Labute approximate surface area is 123 Å². The van der Waals surface area contributed by atoms with E-state index in [1.54, 1.807) is 0 Å². The quantitative estimate of drug-likeness (QED) is 0.594. The molecule has 3 N–H and O–H groups in total. The topological polar surface area (TPSA) is 38.0 Å². The van der Waals surface area contributed by atoms with E-state index in [-0.39, 0.29) is 0 Å². The highest BCUT2D eigenvalue weighted by atomic mass is 15.2. The summed E-state index contributed by atoms with van der Waals surface area (Å²) in [5, 5.41) is 0. The lowest BCUT2D eigenvalue weighted by Gasteiger charge is -2.26. The van der Waals surface area contributed by atoms with Crippen LogP contribution < -0.4 is 11.3 Å². The largest absolute Gasteiger partial charge is 0.271 e. The number of rotatable bonds is 6. The summed E-state index contributed by atoms with van der Waals surface area (Å²) in [6.45, 7) is 0. The van der Waals surface area contributed by atoms with Crippen LogP contribution in [0, 0.1) is 5.92 Å². The Morgan fingerprint density at radius 3 is 2.25 bits per heavy atom. The first-order valence-corrected chi connectivity index (χ1v) is 8.43. The smallest absolute Gasteiger partial charge is 0.0460 e. The average Bonchev–Trinajstić information content (AvgIpc) is 2.92. The van der Waals surface area contributed by atoms with Gasteiger partial charge in [-0.05, 0) is 48.6 Å². The second-order valence-corrected chi connectivity index (χ2v) is 6.74.